The van der Waals surface area contributed by atoms with Gasteiger partial charge in [-0.1, -0.05) is 11.6 Å². The maximum atomic E-state index is 6.42. The number of ether oxygens (including phenoxy) is 3. The lowest BCUT2D eigenvalue weighted by Gasteiger charge is -2.27. The lowest BCUT2D eigenvalue weighted by Crippen LogP contribution is -2.27. The van der Waals surface area contributed by atoms with Crippen molar-refractivity contribution in [2.24, 2.45) is 0 Å². The summed E-state index contributed by atoms with van der Waals surface area (Å²) in [6.07, 6.45) is 2.09. The van der Waals surface area contributed by atoms with Crippen molar-refractivity contribution in [3.63, 3.8) is 0 Å². The number of piperidine rings is 1. The van der Waals surface area contributed by atoms with Crippen LogP contribution < -0.4 is 19.5 Å². The number of halogens is 1. The SMILES string of the molecule is COc1cc(Cl)c(C2CCNCC2)c(OC)c1OC. The normalized spacial score (nSPS) is 16.2. The molecule has 1 aromatic rings. The zero-order valence-electron chi connectivity index (χ0n) is 11.6. The summed E-state index contributed by atoms with van der Waals surface area (Å²) in [4.78, 5) is 0. The Morgan fingerprint density at radius 2 is 1.68 bits per heavy atom. The Morgan fingerprint density at radius 1 is 1.05 bits per heavy atom. The lowest BCUT2D eigenvalue weighted by molar-refractivity contribution is 0.318. The van der Waals surface area contributed by atoms with Gasteiger partial charge in [0.15, 0.2) is 11.5 Å². The first-order valence-corrected chi connectivity index (χ1v) is 6.79. The molecule has 1 aliphatic rings. The summed E-state index contributed by atoms with van der Waals surface area (Å²) in [5, 5.41) is 4.03. The molecule has 0 atom stereocenters. The van der Waals surface area contributed by atoms with Gasteiger partial charge >= 0.3 is 0 Å². The summed E-state index contributed by atoms with van der Waals surface area (Å²) in [7, 11) is 4.84. The van der Waals surface area contributed by atoms with Gasteiger partial charge in [-0.25, -0.2) is 0 Å². The molecule has 0 unspecified atom stereocenters. The van der Waals surface area contributed by atoms with E-state index >= 15 is 0 Å². The predicted molar refractivity (Wildman–Crippen MR) is 76.0 cm³/mol. The van der Waals surface area contributed by atoms with Crippen LogP contribution in [0.25, 0.3) is 0 Å². The molecule has 1 aromatic carbocycles. The first-order chi connectivity index (χ1) is 9.22. The largest absolute Gasteiger partial charge is 0.493 e. The number of hydrogen-bond donors (Lipinski definition) is 1. The van der Waals surface area contributed by atoms with Crippen LogP contribution in [0.15, 0.2) is 6.07 Å². The maximum absolute atomic E-state index is 6.42. The Morgan fingerprint density at radius 3 is 2.21 bits per heavy atom. The Kier molecular flexibility index (Phi) is 4.77. The third kappa shape index (κ3) is 2.74. The van der Waals surface area contributed by atoms with E-state index < -0.39 is 0 Å². The Labute approximate surface area is 119 Å². The van der Waals surface area contributed by atoms with Crippen molar-refractivity contribution in [2.75, 3.05) is 34.4 Å². The lowest BCUT2D eigenvalue weighted by atomic mass is 9.89. The molecular formula is C14H20ClNO3. The summed E-state index contributed by atoms with van der Waals surface area (Å²) in [6.45, 7) is 2.00. The molecule has 0 amide bonds. The van der Waals surface area contributed by atoms with Crippen molar-refractivity contribution in [1.82, 2.24) is 5.32 Å². The van der Waals surface area contributed by atoms with Gasteiger partial charge in [0.25, 0.3) is 0 Å². The van der Waals surface area contributed by atoms with Crippen LogP contribution in [0.5, 0.6) is 17.2 Å². The Bertz CT molecular complexity index is 445. The third-order valence-corrected chi connectivity index (χ3v) is 3.88. The van der Waals surface area contributed by atoms with E-state index in [9.17, 15) is 0 Å². The van der Waals surface area contributed by atoms with Crippen LogP contribution >= 0.6 is 11.6 Å². The van der Waals surface area contributed by atoms with Gasteiger partial charge < -0.3 is 19.5 Å². The topological polar surface area (TPSA) is 39.7 Å². The fourth-order valence-corrected chi connectivity index (χ4v) is 2.98. The van der Waals surface area contributed by atoms with E-state index in [0.29, 0.717) is 28.2 Å². The van der Waals surface area contributed by atoms with Crippen LogP contribution in [-0.4, -0.2) is 34.4 Å². The van der Waals surface area contributed by atoms with E-state index in [-0.39, 0.29) is 0 Å². The molecule has 1 heterocycles. The second-order valence-corrected chi connectivity index (χ2v) is 4.97. The zero-order valence-corrected chi connectivity index (χ0v) is 12.3. The van der Waals surface area contributed by atoms with Crippen molar-refractivity contribution in [3.8, 4) is 17.2 Å². The van der Waals surface area contributed by atoms with Gasteiger partial charge in [-0.15, -0.1) is 0 Å². The van der Waals surface area contributed by atoms with E-state index in [1.165, 1.54) is 0 Å². The minimum atomic E-state index is 0.392. The predicted octanol–water partition coefficient (Wildman–Crippen LogP) is 2.83. The van der Waals surface area contributed by atoms with Crippen LogP contribution in [0.2, 0.25) is 5.02 Å². The standard InChI is InChI=1S/C14H20ClNO3/c1-17-11-8-10(15)12(9-4-6-16-7-5-9)14(19-3)13(11)18-2/h8-9,16H,4-7H2,1-3H3. The van der Waals surface area contributed by atoms with Gasteiger partial charge in [0.05, 0.1) is 26.4 Å². The molecule has 0 radical (unpaired) electrons. The number of rotatable bonds is 4. The molecule has 0 aliphatic carbocycles. The van der Waals surface area contributed by atoms with Crippen LogP contribution in [0.4, 0.5) is 0 Å². The molecule has 2 rings (SSSR count). The van der Waals surface area contributed by atoms with Crippen molar-refractivity contribution >= 4 is 11.6 Å². The second-order valence-electron chi connectivity index (χ2n) is 4.57. The van der Waals surface area contributed by atoms with Crippen LogP contribution in [0.3, 0.4) is 0 Å². The minimum absolute atomic E-state index is 0.392. The third-order valence-electron chi connectivity index (χ3n) is 3.57. The molecule has 19 heavy (non-hydrogen) atoms. The second kappa shape index (κ2) is 6.35. The first kappa shape index (κ1) is 14.3. The van der Waals surface area contributed by atoms with Crippen molar-refractivity contribution < 1.29 is 14.2 Å². The fourth-order valence-electron chi connectivity index (χ4n) is 2.64. The maximum Gasteiger partial charge on any atom is 0.203 e. The van der Waals surface area contributed by atoms with Gasteiger partial charge in [-0.2, -0.15) is 0 Å². The quantitative estimate of drug-likeness (QED) is 0.923. The molecule has 0 saturated carbocycles. The molecule has 1 saturated heterocycles. The number of benzene rings is 1. The fraction of sp³-hybridized carbons (Fsp3) is 0.571. The summed E-state index contributed by atoms with van der Waals surface area (Å²) >= 11 is 6.42. The molecular weight excluding hydrogens is 266 g/mol. The smallest absolute Gasteiger partial charge is 0.203 e. The van der Waals surface area contributed by atoms with Crippen LogP contribution in [0.1, 0.15) is 24.3 Å². The molecule has 1 fully saturated rings. The molecule has 0 aromatic heterocycles. The van der Waals surface area contributed by atoms with Crippen LogP contribution in [-0.2, 0) is 0 Å². The highest BCUT2D eigenvalue weighted by molar-refractivity contribution is 6.32. The number of nitrogens with one attached hydrogen (secondary N) is 1. The monoisotopic (exact) mass is 285 g/mol. The van der Waals surface area contributed by atoms with Crippen molar-refractivity contribution in [2.45, 2.75) is 18.8 Å². The highest BCUT2D eigenvalue weighted by atomic mass is 35.5. The van der Waals surface area contributed by atoms with Gasteiger partial charge in [0.1, 0.15) is 0 Å². The average molecular weight is 286 g/mol. The van der Waals surface area contributed by atoms with E-state index in [1.54, 1.807) is 27.4 Å². The van der Waals surface area contributed by atoms with Crippen LogP contribution in [0, 0.1) is 0 Å². The molecule has 106 valence electrons. The molecule has 1 N–H and O–H groups in total. The summed E-state index contributed by atoms with van der Waals surface area (Å²) in [5.74, 6) is 2.30. The number of methoxy groups -OCH3 is 3. The zero-order chi connectivity index (χ0) is 13.8. The molecule has 5 heteroatoms. The van der Waals surface area contributed by atoms with E-state index in [4.69, 9.17) is 25.8 Å². The van der Waals surface area contributed by atoms with E-state index in [1.807, 2.05) is 0 Å². The summed E-state index contributed by atoms with van der Waals surface area (Å²) < 4.78 is 16.3. The average Bonchev–Trinajstić information content (AvgIpc) is 2.46. The van der Waals surface area contributed by atoms with E-state index in [0.717, 1.165) is 31.5 Å². The first-order valence-electron chi connectivity index (χ1n) is 6.42. The minimum Gasteiger partial charge on any atom is -0.493 e. The molecule has 0 spiro atoms. The Hall–Kier alpha value is -1.13. The molecule has 1 aliphatic heterocycles. The highest BCUT2D eigenvalue weighted by Crippen LogP contribution is 2.48. The molecule has 0 bridgehead atoms. The number of hydrogen-bond acceptors (Lipinski definition) is 4. The van der Waals surface area contributed by atoms with Gasteiger partial charge in [0.2, 0.25) is 5.75 Å². The summed E-state index contributed by atoms with van der Waals surface area (Å²) in [6, 6.07) is 1.81. The summed E-state index contributed by atoms with van der Waals surface area (Å²) in [5.41, 5.74) is 1.03. The molecule has 4 nitrogen and oxygen atoms in total. The van der Waals surface area contributed by atoms with Gasteiger partial charge in [-0.05, 0) is 31.8 Å². The Balaban J connectivity index is 2.51. The van der Waals surface area contributed by atoms with Gasteiger partial charge in [-0.3, -0.25) is 0 Å². The highest BCUT2D eigenvalue weighted by Gasteiger charge is 2.26. The van der Waals surface area contributed by atoms with Crippen molar-refractivity contribution in [1.29, 1.82) is 0 Å². The van der Waals surface area contributed by atoms with Gasteiger partial charge in [0, 0.05) is 11.6 Å². The van der Waals surface area contributed by atoms with Crippen molar-refractivity contribution in [3.05, 3.63) is 16.7 Å². The van der Waals surface area contributed by atoms with E-state index in [2.05, 4.69) is 5.32 Å².